The summed E-state index contributed by atoms with van der Waals surface area (Å²) >= 11 is 0. The van der Waals surface area contributed by atoms with Crippen molar-refractivity contribution in [1.29, 1.82) is 0 Å². The average Bonchev–Trinajstić information content (AvgIpc) is 2.38. The molecule has 94 valence electrons. The zero-order valence-electron chi connectivity index (χ0n) is 10.7. The van der Waals surface area contributed by atoms with Crippen molar-refractivity contribution in [2.24, 2.45) is 0 Å². The quantitative estimate of drug-likeness (QED) is 0.894. The largest absolute Gasteiger partial charge is 0.384 e. The topological polar surface area (TPSA) is 45.2 Å². The number of rotatable bonds is 4. The summed E-state index contributed by atoms with van der Waals surface area (Å²) in [5, 5.41) is 4.37. The van der Waals surface area contributed by atoms with E-state index < -0.39 is 0 Å². The Labute approximate surface area is 107 Å². The monoisotopic (exact) mass is 243 g/mol. The molecule has 4 nitrogen and oxygen atoms in total. The summed E-state index contributed by atoms with van der Waals surface area (Å²) in [5.74, 6) is 0.126. The van der Waals surface area contributed by atoms with Gasteiger partial charge in [-0.25, -0.2) is 0 Å². The maximum Gasteiger partial charge on any atom is 0.223 e. The third-order valence-corrected chi connectivity index (χ3v) is 2.80. The van der Waals surface area contributed by atoms with E-state index in [4.69, 9.17) is 0 Å². The number of anilines is 1. The highest BCUT2D eigenvalue weighted by molar-refractivity contribution is 5.91. The lowest BCUT2D eigenvalue weighted by molar-refractivity contribution is -0.128. The van der Waals surface area contributed by atoms with Crippen molar-refractivity contribution >= 4 is 22.5 Å². The number of carbonyl (C=O) groups excluding carboxylic acids is 1. The number of pyridine rings is 1. The highest BCUT2D eigenvalue weighted by atomic mass is 16.2. The lowest BCUT2D eigenvalue weighted by atomic mass is 10.2. The highest BCUT2D eigenvalue weighted by Gasteiger charge is 2.04. The molecule has 0 fully saturated rings. The maximum atomic E-state index is 11.5. The first-order valence-corrected chi connectivity index (χ1v) is 5.96. The van der Waals surface area contributed by atoms with E-state index in [1.54, 1.807) is 25.2 Å². The van der Waals surface area contributed by atoms with E-state index in [1.165, 1.54) is 0 Å². The van der Waals surface area contributed by atoms with Crippen molar-refractivity contribution < 1.29 is 4.79 Å². The zero-order chi connectivity index (χ0) is 13.0. The minimum Gasteiger partial charge on any atom is -0.384 e. The van der Waals surface area contributed by atoms with Crippen LogP contribution in [0.4, 0.5) is 5.69 Å². The molecule has 0 saturated carbocycles. The highest BCUT2D eigenvalue weighted by Crippen LogP contribution is 2.20. The average molecular weight is 243 g/mol. The summed E-state index contributed by atoms with van der Waals surface area (Å²) in [6, 6.07) is 9.89. The van der Waals surface area contributed by atoms with E-state index in [2.05, 4.69) is 10.3 Å². The van der Waals surface area contributed by atoms with Gasteiger partial charge in [-0.2, -0.15) is 0 Å². The van der Waals surface area contributed by atoms with Gasteiger partial charge in [-0.15, -0.1) is 0 Å². The number of para-hydroxylation sites is 1. The van der Waals surface area contributed by atoms with Crippen molar-refractivity contribution in [2.45, 2.75) is 6.42 Å². The smallest absolute Gasteiger partial charge is 0.223 e. The Balaban J connectivity index is 2.06. The maximum absolute atomic E-state index is 11.5. The fourth-order valence-corrected chi connectivity index (χ4v) is 1.78. The lowest BCUT2D eigenvalue weighted by Gasteiger charge is -2.12. The Morgan fingerprint density at radius 1 is 1.28 bits per heavy atom. The van der Waals surface area contributed by atoms with Gasteiger partial charge in [-0.3, -0.25) is 9.78 Å². The van der Waals surface area contributed by atoms with Crippen LogP contribution in [0.25, 0.3) is 10.9 Å². The number of nitrogens with zero attached hydrogens (tertiary/aromatic N) is 2. The fourth-order valence-electron chi connectivity index (χ4n) is 1.78. The summed E-state index contributed by atoms with van der Waals surface area (Å²) in [6.07, 6.45) is 2.27. The number of hydrogen-bond donors (Lipinski definition) is 1. The van der Waals surface area contributed by atoms with Gasteiger partial charge in [-0.05, 0) is 12.1 Å². The molecule has 0 bridgehead atoms. The molecule has 2 rings (SSSR count). The summed E-state index contributed by atoms with van der Waals surface area (Å²) in [7, 11) is 3.54. The molecule has 0 aliphatic carbocycles. The molecule has 0 radical (unpaired) electrons. The van der Waals surface area contributed by atoms with Crippen LogP contribution < -0.4 is 5.32 Å². The molecular formula is C14H17N3O. The van der Waals surface area contributed by atoms with Crippen molar-refractivity contribution in [3.8, 4) is 0 Å². The normalized spacial score (nSPS) is 10.3. The molecule has 0 atom stereocenters. The van der Waals surface area contributed by atoms with Gasteiger partial charge in [-0.1, -0.05) is 18.2 Å². The van der Waals surface area contributed by atoms with Gasteiger partial charge in [0.15, 0.2) is 0 Å². The zero-order valence-corrected chi connectivity index (χ0v) is 10.7. The van der Waals surface area contributed by atoms with Crippen LogP contribution >= 0.6 is 0 Å². The molecule has 4 heteroatoms. The van der Waals surface area contributed by atoms with Gasteiger partial charge in [0.2, 0.25) is 5.91 Å². The first-order chi connectivity index (χ1) is 8.68. The number of nitrogens with one attached hydrogen (secondary N) is 1. The van der Waals surface area contributed by atoms with Crippen molar-refractivity contribution in [3.63, 3.8) is 0 Å². The second-order valence-corrected chi connectivity index (χ2v) is 4.34. The molecule has 1 amide bonds. The SMILES string of the molecule is CN(C)C(=O)CCNc1ccnc2ccccc12. The summed E-state index contributed by atoms with van der Waals surface area (Å²) in [5.41, 5.74) is 1.98. The summed E-state index contributed by atoms with van der Waals surface area (Å²) < 4.78 is 0. The minimum absolute atomic E-state index is 0.126. The Kier molecular flexibility index (Phi) is 3.77. The number of aromatic nitrogens is 1. The van der Waals surface area contributed by atoms with Crippen molar-refractivity contribution in [2.75, 3.05) is 26.0 Å². The van der Waals surface area contributed by atoms with Crippen molar-refractivity contribution in [1.82, 2.24) is 9.88 Å². The molecule has 0 spiro atoms. The third-order valence-electron chi connectivity index (χ3n) is 2.80. The fraction of sp³-hybridized carbons (Fsp3) is 0.286. The molecule has 0 saturated heterocycles. The molecular weight excluding hydrogens is 226 g/mol. The number of carbonyl (C=O) groups is 1. The van der Waals surface area contributed by atoms with Gasteiger partial charge >= 0.3 is 0 Å². The van der Waals surface area contributed by atoms with Gasteiger partial charge in [0.1, 0.15) is 0 Å². The second kappa shape index (κ2) is 5.49. The first kappa shape index (κ1) is 12.4. The number of amides is 1. The molecule has 1 heterocycles. The summed E-state index contributed by atoms with van der Waals surface area (Å²) in [4.78, 5) is 17.4. The van der Waals surface area contributed by atoms with Crippen LogP contribution in [0.5, 0.6) is 0 Å². The van der Waals surface area contributed by atoms with Gasteiger partial charge < -0.3 is 10.2 Å². The van der Waals surface area contributed by atoms with E-state index in [9.17, 15) is 4.79 Å². The first-order valence-electron chi connectivity index (χ1n) is 5.96. The molecule has 1 N–H and O–H groups in total. The van der Waals surface area contributed by atoms with Crippen molar-refractivity contribution in [3.05, 3.63) is 36.5 Å². The molecule has 1 aromatic heterocycles. The lowest BCUT2D eigenvalue weighted by Crippen LogP contribution is -2.23. The van der Waals surface area contributed by atoms with E-state index in [-0.39, 0.29) is 5.91 Å². The second-order valence-electron chi connectivity index (χ2n) is 4.34. The molecule has 1 aromatic carbocycles. The predicted octanol–water partition coefficient (Wildman–Crippen LogP) is 2.12. The Morgan fingerprint density at radius 3 is 2.83 bits per heavy atom. The predicted molar refractivity (Wildman–Crippen MR) is 73.5 cm³/mol. The molecule has 2 aromatic rings. The van der Waals surface area contributed by atoms with Crippen LogP contribution in [-0.4, -0.2) is 36.4 Å². The molecule has 18 heavy (non-hydrogen) atoms. The van der Waals surface area contributed by atoms with Crippen LogP contribution in [0, 0.1) is 0 Å². The Morgan fingerprint density at radius 2 is 2.06 bits per heavy atom. The Hall–Kier alpha value is -2.10. The van der Waals surface area contributed by atoms with Crippen LogP contribution in [0.2, 0.25) is 0 Å². The van der Waals surface area contributed by atoms with Crippen LogP contribution in [0.1, 0.15) is 6.42 Å². The Bertz CT molecular complexity index is 546. The summed E-state index contributed by atoms with van der Waals surface area (Å²) in [6.45, 7) is 0.630. The minimum atomic E-state index is 0.126. The van der Waals surface area contributed by atoms with E-state index in [1.807, 2.05) is 30.3 Å². The molecule has 0 aliphatic rings. The van der Waals surface area contributed by atoms with Crippen LogP contribution in [-0.2, 0) is 4.79 Å². The van der Waals surface area contributed by atoms with Gasteiger partial charge in [0.25, 0.3) is 0 Å². The molecule has 0 unspecified atom stereocenters. The van der Waals surface area contributed by atoms with Crippen LogP contribution in [0.15, 0.2) is 36.5 Å². The van der Waals surface area contributed by atoms with E-state index >= 15 is 0 Å². The molecule has 0 aliphatic heterocycles. The van der Waals surface area contributed by atoms with Gasteiger partial charge in [0.05, 0.1) is 5.52 Å². The number of benzene rings is 1. The third kappa shape index (κ3) is 2.77. The van der Waals surface area contributed by atoms with Gasteiger partial charge in [0, 0.05) is 44.3 Å². The van der Waals surface area contributed by atoms with Crippen LogP contribution in [0.3, 0.4) is 0 Å². The van der Waals surface area contributed by atoms with E-state index in [0.717, 1.165) is 16.6 Å². The standard InChI is InChI=1S/C14H17N3O/c1-17(2)14(18)8-10-16-13-7-9-15-12-6-4-3-5-11(12)13/h3-7,9H,8,10H2,1-2H3,(H,15,16). The van der Waals surface area contributed by atoms with E-state index in [0.29, 0.717) is 13.0 Å². The number of hydrogen-bond acceptors (Lipinski definition) is 3. The number of fused-ring (bicyclic) bond motifs is 1.